The number of benzene rings is 1. The average Bonchev–Trinajstić information content (AvgIpc) is 2.96. The zero-order valence-electron chi connectivity index (χ0n) is 11.5. The van der Waals surface area contributed by atoms with Crippen LogP contribution in [0.15, 0.2) is 16.6 Å². The minimum atomic E-state index is -0.244. The zero-order valence-corrected chi connectivity index (χ0v) is 13.1. The quantitative estimate of drug-likeness (QED) is 0.771. The van der Waals surface area contributed by atoms with Gasteiger partial charge in [-0.3, -0.25) is 4.79 Å². The molecule has 1 saturated heterocycles. The molecule has 20 heavy (non-hydrogen) atoms. The van der Waals surface area contributed by atoms with Gasteiger partial charge in [0.25, 0.3) is 5.91 Å². The highest BCUT2D eigenvalue weighted by molar-refractivity contribution is 9.10. The second-order valence-electron chi connectivity index (χ2n) is 5.95. The molecule has 5 heteroatoms. The van der Waals surface area contributed by atoms with Gasteiger partial charge >= 0.3 is 0 Å². The fourth-order valence-electron chi connectivity index (χ4n) is 3.50. The van der Waals surface area contributed by atoms with E-state index in [1.165, 1.54) is 0 Å². The Balaban J connectivity index is 1.84. The van der Waals surface area contributed by atoms with Gasteiger partial charge in [-0.05, 0) is 43.4 Å². The maximum Gasteiger partial charge on any atom is 0.254 e. The molecule has 1 aromatic rings. The first-order valence-corrected chi connectivity index (χ1v) is 7.79. The molecule has 1 aliphatic heterocycles. The van der Waals surface area contributed by atoms with Gasteiger partial charge in [0.1, 0.15) is 0 Å². The first-order valence-electron chi connectivity index (χ1n) is 7.00. The van der Waals surface area contributed by atoms with Gasteiger partial charge in [0.05, 0.1) is 6.10 Å². The first-order chi connectivity index (χ1) is 9.47. The summed E-state index contributed by atoms with van der Waals surface area (Å²) in [6.45, 7) is 3.30. The number of hydrogen-bond acceptors (Lipinski definition) is 3. The number of likely N-dealkylation sites (tertiary alicyclic amines) is 1. The number of carbonyl (C=O) groups excluding carboxylic acids is 1. The summed E-state index contributed by atoms with van der Waals surface area (Å²) < 4.78 is 0.823. The fraction of sp³-hybridized carbons (Fsp3) is 0.533. The molecule has 0 spiro atoms. The number of amides is 1. The van der Waals surface area contributed by atoms with Crippen LogP contribution in [-0.4, -0.2) is 35.1 Å². The first kappa shape index (κ1) is 13.9. The Morgan fingerprint density at radius 1 is 1.40 bits per heavy atom. The number of anilines is 1. The van der Waals surface area contributed by atoms with Crippen molar-refractivity contribution in [2.24, 2.45) is 11.8 Å². The number of rotatable bonds is 1. The van der Waals surface area contributed by atoms with E-state index in [-0.39, 0.29) is 17.9 Å². The fourth-order valence-corrected chi connectivity index (χ4v) is 3.97. The molecule has 108 valence electrons. The van der Waals surface area contributed by atoms with Gasteiger partial charge < -0.3 is 15.7 Å². The van der Waals surface area contributed by atoms with Crippen LogP contribution in [-0.2, 0) is 0 Å². The van der Waals surface area contributed by atoms with Crippen LogP contribution in [0.1, 0.15) is 28.8 Å². The number of nitrogens with zero attached hydrogens (tertiary/aromatic N) is 1. The third-order valence-electron chi connectivity index (χ3n) is 4.75. The van der Waals surface area contributed by atoms with Crippen LogP contribution in [0, 0.1) is 18.8 Å². The summed E-state index contributed by atoms with van der Waals surface area (Å²) in [6, 6.07) is 3.65. The second-order valence-corrected chi connectivity index (χ2v) is 6.86. The van der Waals surface area contributed by atoms with E-state index in [0.717, 1.165) is 29.4 Å². The maximum absolute atomic E-state index is 12.7. The lowest BCUT2D eigenvalue weighted by molar-refractivity contribution is 0.0751. The Kier molecular flexibility index (Phi) is 3.50. The number of nitrogens with two attached hydrogens (primary N) is 1. The molecule has 3 rings (SSSR count). The Labute approximate surface area is 127 Å². The predicted molar refractivity (Wildman–Crippen MR) is 81.4 cm³/mol. The number of aliphatic hydroxyl groups is 1. The molecule has 3 atom stereocenters. The third-order valence-corrected chi connectivity index (χ3v) is 5.21. The highest BCUT2D eigenvalue weighted by Crippen LogP contribution is 2.39. The van der Waals surface area contributed by atoms with Gasteiger partial charge in [0, 0.05) is 34.7 Å². The SMILES string of the molecule is Cc1c(N)cc(Br)cc1C(=O)N1CC2CCC(O)C2C1. The summed E-state index contributed by atoms with van der Waals surface area (Å²) in [5, 5.41) is 9.95. The van der Waals surface area contributed by atoms with Crippen LogP contribution in [0.2, 0.25) is 0 Å². The van der Waals surface area contributed by atoms with Crippen molar-refractivity contribution in [1.29, 1.82) is 0 Å². The van der Waals surface area contributed by atoms with Crippen LogP contribution < -0.4 is 5.73 Å². The van der Waals surface area contributed by atoms with Gasteiger partial charge in [-0.15, -0.1) is 0 Å². The Hall–Kier alpha value is -1.07. The molecule has 1 saturated carbocycles. The van der Waals surface area contributed by atoms with E-state index in [1.807, 2.05) is 24.0 Å². The van der Waals surface area contributed by atoms with Crippen molar-refractivity contribution >= 4 is 27.5 Å². The minimum absolute atomic E-state index is 0.0251. The molecule has 3 unspecified atom stereocenters. The van der Waals surface area contributed by atoms with Crippen molar-refractivity contribution in [3.63, 3.8) is 0 Å². The summed E-state index contributed by atoms with van der Waals surface area (Å²) in [4.78, 5) is 14.5. The molecule has 1 aliphatic carbocycles. The van der Waals surface area contributed by atoms with Crippen LogP contribution in [0.4, 0.5) is 5.69 Å². The summed E-state index contributed by atoms with van der Waals surface area (Å²) in [6.07, 6.45) is 1.65. The topological polar surface area (TPSA) is 66.6 Å². The molecule has 1 aromatic carbocycles. The summed E-state index contributed by atoms with van der Waals surface area (Å²) in [7, 11) is 0. The van der Waals surface area contributed by atoms with Gasteiger partial charge in [0.2, 0.25) is 0 Å². The van der Waals surface area contributed by atoms with Crippen molar-refractivity contribution in [1.82, 2.24) is 4.90 Å². The van der Waals surface area contributed by atoms with Crippen molar-refractivity contribution in [3.05, 3.63) is 27.7 Å². The van der Waals surface area contributed by atoms with Crippen LogP contribution in [0.5, 0.6) is 0 Å². The van der Waals surface area contributed by atoms with E-state index >= 15 is 0 Å². The number of hydrogen-bond donors (Lipinski definition) is 2. The summed E-state index contributed by atoms with van der Waals surface area (Å²) >= 11 is 3.39. The van der Waals surface area contributed by atoms with E-state index in [0.29, 0.717) is 23.7 Å². The third kappa shape index (κ3) is 2.23. The summed E-state index contributed by atoms with van der Waals surface area (Å²) in [5.74, 6) is 0.736. The average molecular weight is 339 g/mol. The van der Waals surface area contributed by atoms with Crippen LogP contribution >= 0.6 is 15.9 Å². The Bertz CT molecular complexity index is 561. The molecule has 4 nitrogen and oxygen atoms in total. The molecule has 0 bridgehead atoms. The summed E-state index contributed by atoms with van der Waals surface area (Å²) in [5.41, 5.74) is 8.05. The number of halogens is 1. The van der Waals surface area contributed by atoms with Crippen LogP contribution in [0.3, 0.4) is 0 Å². The molecule has 2 fully saturated rings. The molecular weight excluding hydrogens is 320 g/mol. The monoisotopic (exact) mass is 338 g/mol. The van der Waals surface area contributed by atoms with Crippen LogP contribution in [0.25, 0.3) is 0 Å². The number of carbonyl (C=O) groups is 1. The Morgan fingerprint density at radius 3 is 2.85 bits per heavy atom. The van der Waals surface area contributed by atoms with Gasteiger partial charge in [-0.1, -0.05) is 15.9 Å². The largest absolute Gasteiger partial charge is 0.398 e. The normalized spacial score (nSPS) is 28.8. The molecule has 0 radical (unpaired) electrons. The zero-order chi connectivity index (χ0) is 14.4. The van der Waals surface area contributed by atoms with Crippen molar-refractivity contribution in [3.8, 4) is 0 Å². The smallest absolute Gasteiger partial charge is 0.254 e. The molecular formula is C15H19BrN2O2. The van der Waals surface area contributed by atoms with E-state index < -0.39 is 0 Å². The second kappa shape index (κ2) is 5.04. The number of aliphatic hydroxyl groups excluding tert-OH is 1. The van der Waals surface area contributed by atoms with E-state index in [1.54, 1.807) is 0 Å². The standard InChI is InChI=1S/C15H19BrN2O2/c1-8-11(4-10(16)5-13(8)17)15(20)18-6-9-2-3-14(19)12(9)7-18/h4-5,9,12,14,19H,2-3,6-7,17H2,1H3. The lowest BCUT2D eigenvalue weighted by Crippen LogP contribution is -2.31. The molecule has 1 amide bonds. The maximum atomic E-state index is 12.7. The van der Waals surface area contributed by atoms with Crippen molar-refractivity contribution in [2.75, 3.05) is 18.8 Å². The van der Waals surface area contributed by atoms with Gasteiger partial charge in [-0.2, -0.15) is 0 Å². The van der Waals surface area contributed by atoms with Gasteiger partial charge in [0.15, 0.2) is 0 Å². The van der Waals surface area contributed by atoms with Crippen molar-refractivity contribution in [2.45, 2.75) is 25.9 Å². The molecule has 1 heterocycles. The highest BCUT2D eigenvalue weighted by atomic mass is 79.9. The lowest BCUT2D eigenvalue weighted by atomic mass is 10.00. The number of nitrogen functional groups attached to an aromatic ring is 1. The lowest BCUT2D eigenvalue weighted by Gasteiger charge is -2.20. The molecule has 3 N–H and O–H groups in total. The minimum Gasteiger partial charge on any atom is -0.398 e. The highest BCUT2D eigenvalue weighted by Gasteiger charge is 2.43. The predicted octanol–water partition coefficient (Wildman–Crippen LogP) is 2.18. The number of fused-ring (bicyclic) bond motifs is 1. The molecule has 2 aliphatic rings. The van der Waals surface area contributed by atoms with E-state index in [2.05, 4.69) is 15.9 Å². The Morgan fingerprint density at radius 2 is 2.15 bits per heavy atom. The van der Waals surface area contributed by atoms with Gasteiger partial charge in [-0.25, -0.2) is 0 Å². The molecule has 0 aromatic heterocycles. The van der Waals surface area contributed by atoms with E-state index in [9.17, 15) is 9.90 Å². The van der Waals surface area contributed by atoms with Crippen molar-refractivity contribution < 1.29 is 9.90 Å². The van der Waals surface area contributed by atoms with E-state index in [4.69, 9.17) is 5.73 Å².